The molecule has 2 heterocycles. The van der Waals surface area contributed by atoms with Crippen molar-refractivity contribution in [3.8, 4) is 0 Å². The van der Waals surface area contributed by atoms with E-state index in [4.69, 9.17) is 4.42 Å². The first-order valence-corrected chi connectivity index (χ1v) is 5.22. The summed E-state index contributed by atoms with van der Waals surface area (Å²) in [4.78, 5) is 6.46. The van der Waals surface area contributed by atoms with Gasteiger partial charge in [-0.2, -0.15) is 4.98 Å². The molecular weight excluding hydrogens is 327 g/mol. The van der Waals surface area contributed by atoms with Gasteiger partial charge in [0.05, 0.1) is 5.52 Å². The van der Waals surface area contributed by atoms with Gasteiger partial charge in [0.15, 0.2) is 0 Å². The van der Waals surface area contributed by atoms with Crippen molar-refractivity contribution in [2.75, 3.05) is 0 Å². The van der Waals surface area contributed by atoms with Crippen molar-refractivity contribution >= 4 is 32.9 Å². The van der Waals surface area contributed by atoms with Gasteiger partial charge in [0.2, 0.25) is 5.58 Å². The highest BCUT2D eigenvalue weighted by Crippen LogP contribution is 2.29. The lowest BCUT2D eigenvalue weighted by molar-refractivity contribution is -0.354. The van der Waals surface area contributed by atoms with E-state index < -0.39 is 0 Å². The van der Waals surface area contributed by atoms with Crippen molar-refractivity contribution < 1.29 is 33.4 Å². The maximum Gasteiger partial charge on any atom is 0.333 e. The van der Waals surface area contributed by atoms with Crippen LogP contribution in [-0.2, 0) is 0 Å². The quantitative estimate of drug-likeness (QED) is 0.447. The number of hydrogen-bond donors (Lipinski definition) is 1. The second kappa shape index (κ2) is 3.73. The zero-order valence-corrected chi connectivity index (χ0v) is 11.0. The minimum Gasteiger partial charge on any atom is -1.00 e. The van der Waals surface area contributed by atoms with Crippen LogP contribution in [0.15, 0.2) is 47.2 Å². The lowest BCUT2D eigenvalue weighted by Crippen LogP contribution is -3.00. The number of fused-ring (bicyclic) bond motifs is 5. The monoisotopic (exact) mass is 336 g/mol. The molecule has 0 fully saturated rings. The molecule has 0 amide bonds. The lowest BCUT2D eigenvalue weighted by Gasteiger charge is -1.88. The number of para-hydroxylation sites is 1. The van der Waals surface area contributed by atoms with Gasteiger partial charge in [-0.15, -0.1) is 0 Å². The SMILES string of the molecule is [I-].c1ccc2c(c1)[nH]c1c2ccc2[nH+]coc21. The van der Waals surface area contributed by atoms with Gasteiger partial charge in [0.1, 0.15) is 0 Å². The van der Waals surface area contributed by atoms with Gasteiger partial charge in [0, 0.05) is 22.4 Å². The van der Waals surface area contributed by atoms with E-state index in [-0.39, 0.29) is 24.0 Å². The Labute approximate surface area is 114 Å². The number of aromatic amines is 2. The summed E-state index contributed by atoms with van der Waals surface area (Å²) in [6, 6.07) is 12.4. The Kier molecular flexibility index (Phi) is 2.32. The first-order valence-electron chi connectivity index (χ1n) is 5.22. The average molecular weight is 336 g/mol. The Morgan fingerprint density at radius 1 is 1.00 bits per heavy atom. The van der Waals surface area contributed by atoms with Crippen molar-refractivity contribution in [3.63, 3.8) is 0 Å². The van der Waals surface area contributed by atoms with Gasteiger partial charge >= 0.3 is 6.39 Å². The van der Waals surface area contributed by atoms with E-state index in [2.05, 4.69) is 28.2 Å². The number of benzene rings is 2. The second-order valence-electron chi connectivity index (χ2n) is 3.92. The van der Waals surface area contributed by atoms with Crippen LogP contribution in [-0.4, -0.2) is 4.98 Å². The third-order valence-electron chi connectivity index (χ3n) is 3.03. The molecule has 2 N–H and O–H groups in total. The summed E-state index contributed by atoms with van der Waals surface area (Å²) in [5.74, 6) is 0. The number of H-pyrrole nitrogens is 2. The number of aromatic nitrogens is 2. The second-order valence-corrected chi connectivity index (χ2v) is 3.92. The van der Waals surface area contributed by atoms with Crippen molar-refractivity contribution in [3.05, 3.63) is 42.8 Å². The van der Waals surface area contributed by atoms with Crippen LogP contribution < -0.4 is 29.0 Å². The first-order chi connectivity index (χ1) is 7.93. The molecule has 4 heteroatoms. The third kappa shape index (κ3) is 1.37. The van der Waals surface area contributed by atoms with Crippen LogP contribution in [0.25, 0.3) is 32.9 Å². The molecule has 17 heavy (non-hydrogen) atoms. The van der Waals surface area contributed by atoms with Gasteiger partial charge in [-0.1, -0.05) is 18.2 Å². The number of hydrogen-bond acceptors (Lipinski definition) is 1. The fourth-order valence-corrected chi connectivity index (χ4v) is 2.28. The molecule has 0 aliphatic heterocycles. The van der Waals surface area contributed by atoms with Crippen LogP contribution in [0, 0.1) is 0 Å². The van der Waals surface area contributed by atoms with Crippen LogP contribution in [0.3, 0.4) is 0 Å². The Morgan fingerprint density at radius 3 is 2.82 bits per heavy atom. The largest absolute Gasteiger partial charge is 1.00 e. The summed E-state index contributed by atoms with van der Waals surface area (Å²) in [5, 5.41) is 2.43. The Balaban J connectivity index is 0.000000902. The summed E-state index contributed by atoms with van der Waals surface area (Å²) in [5.41, 5.74) is 4.09. The molecule has 0 aliphatic carbocycles. The van der Waals surface area contributed by atoms with Crippen LogP contribution >= 0.6 is 0 Å². The summed E-state index contributed by atoms with van der Waals surface area (Å²) >= 11 is 0. The zero-order valence-electron chi connectivity index (χ0n) is 8.83. The van der Waals surface area contributed by atoms with Gasteiger partial charge in [-0.25, -0.2) is 0 Å². The molecule has 0 unspecified atom stereocenters. The molecule has 4 rings (SSSR count). The predicted octanol–water partition coefficient (Wildman–Crippen LogP) is -0.115. The fourth-order valence-electron chi connectivity index (χ4n) is 2.28. The molecule has 2 aromatic heterocycles. The van der Waals surface area contributed by atoms with Gasteiger partial charge in [-0.3, -0.25) is 0 Å². The standard InChI is InChI=1S/C13H8N2O.HI/c1-2-4-10-8(3-1)9-5-6-11-13(12(9)15-10)16-7-14-11;/h1-7,15H;1H. The molecule has 2 aromatic carbocycles. The minimum atomic E-state index is 0. The number of nitrogens with one attached hydrogen (secondary N) is 2. The minimum absolute atomic E-state index is 0. The predicted molar refractivity (Wildman–Crippen MR) is 62.1 cm³/mol. The van der Waals surface area contributed by atoms with Crippen LogP contribution in [0.1, 0.15) is 0 Å². The number of halogens is 1. The van der Waals surface area contributed by atoms with Crippen molar-refractivity contribution in [2.45, 2.75) is 0 Å². The maximum absolute atomic E-state index is 5.47. The first kappa shape index (κ1) is 10.6. The highest BCUT2D eigenvalue weighted by molar-refractivity contribution is 6.14. The lowest BCUT2D eigenvalue weighted by atomic mass is 10.1. The van der Waals surface area contributed by atoms with E-state index in [1.165, 1.54) is 10.8 Å². The highest BCUT2D eigenvalue weighted by Gasteiger charge is 2.12. The van der Waals surface area contributed by atoms with Crippen LogP contribution in [0.5, 0.6) is 0 Å². The molecule has 0 saturated carbocycles. The number of rotatable bonds is 0. The van der Waals surface area contributed by atoms with Crippen molar-refractivity contribution in [2.24, 2.45) is 0 Å². The van der Waals surface area contributed by atoms with Gasteiger partial charge in [-0.05, 0) is 12.1 Å². The molecule has 84 valence electrons. The highest BCUT2D eigenvalue weighted by atomic mass is 127. The molecule has 0 spiro atoms. The Bertz CT molecular complexity index is 816. The Morgan fingerprint density at radius 2 is 1.88 bits per heavy atom. The van der Waals surface area contributed by atoms with E-state index in [1.807, 2.05) is 18.2 Å². The Hall–Kier alpha value is -1.56. The zero-order chi connectivity index (χ0) is 10.5. The topological polar surface area (TPSA) is 43.1 Å². The van der Waals surface area contributed by atoms with Gasteiger partial charge < -0.3 is 33.4 Å². The molecular formula is C13H9IN2O. The molecule has 0 atom stereocenters. The van der Waals surface area contributed by atoms with E-state index in [1.54, 1.807) is 6.39 Å². The van der Waals surface area contributed by atoms with Crippen molar-refractivity contribution in [1.29, 1.82) is 0 Å². The van der Waals surface area contributed by atoms with E-state index >= 15 is 0 Å². The normalized spacial score (nSPS) is 11.1. The molecule has 3 nitrogen and oxygen atoms in total. The number of oxazole rings is 1. The third-order valence-corrected chi connectivity index (χ3v) is 3.03. The van der Waals surface area contributed by atoms with E-state index in [0.29, 0.717) is 0 Å². The van der Waals surface area contributed by atoms with Crippen LogP contribution in [0.2, 0.25) is 0 Å². The fraction of sp³-hybridized carbons (Fsp3) is 0. The molecule has 0 radical (unpaired) electrons. The average Bonchev–Trinajstić information content (AvgIpc) is 2.92. The van der Waals surface area contributed by atoms with E-state index in [9.17, 15) is 0 Å². The van der Waals surface area contributed by atoms with E-state index in [0.717, 1.165) is 22.1 Å². The summed E-state index contributed by atoms with van der Waals surface area (Å²) in [7, 11) is 0. The van der Waals surface area contributed by atoms with Crippen LogP contribution in [0.4, 0.5) is 0 Å². The van der Waals surface area contributed by atoms with Crippen molar-refractivity contribution in [1.82, 2.24) is 4.98 Å². The smallest absolute Gasteiger partial charge is 0.333 e. The molecule has 0 saturated heterocycles. The van der Waals surface area contributed by atoms with Gasteiger partial charge in [0.25, 0.3) is 5.52 Å². The summed E-state index contributed by atoms with van der Waals surface area (Å²) in [6.07, 6.45) is 1.61. The molecule has 0 aliphatic rings. The summed E-state index contributed by atoms with van der Waals surface area (Å²) < 4.78 is 5.47. The molecule has 4 aromatic rings. The molecule has 0 bridgehead atoms. The summed E-state index contributed by atoms with van der Waals surface area (Å²) in [6.45, 7) is 0. The maximum atomic E-state index is 5.47.